The Bertz CT molecular complexity index is 824. The van der Waals surface area contributed by atoms with E-state index in [-0.39, 0.29) is 12.5 Å². The summed E-state index contributed by atoms with van der Waals surface area (Å²) < 4.78 is 22.3. The van der Waals surface area contributed by atoms with Gasteiger partial charge in [0.1, 0.15) is 11.5 Å². The molecule has 0 fully saturated rings. The number of hydrogen-bond donors (Lipinski definition) is 1. The van der Waals surface area contributed by atoms with E-state index in [2.05, 4.69) is 5.32 Å². The van der Waals surface area contributed by atoms with Crippen LogP contribution in [0.2, 0.25) is 5.02 Å². The Morgan fingerprint density at radius 1 is 1.19 bits per heavy atom. The summed E-state index contributed by atoms with van der Waals surface area (Å²) in [5.41, 5.74) is 1.70. The summed E-state index contributed by atoms with van der Waals surface area (Å²) in [6.07, 6.45) is 0.824. The van der Waals surface area contributed by atoms with Crippen LogP contribution in [0.15, 0.2) is 30.3 Å². The molecule has 6 nitrogen and oxygen atoms in total. The van der Waals surface area contributed by atoms with Crippen LogP contribution in [0.25, 0.3) is 0 Å². The van der Waals surface area contributed by atoms with E-state index < -0.39 is 0 Å². The summed E-state index contributed by atoms with van der Waals surface area (Å²) in [6.45, 7) is 3.29. The third kappa shape index (κ3) is 4.98. The maximum Gasteiger partial charge on any atom is 0.258 e. The van der Waals surface area contributed by atoms with Gasteiger partial charge in [0.15, 0.2) is 18.1 Å². The molecule has 1 amide bonds. The van der Waals surface area contributed by atoms with E-state index in [1.807, 2.05) is 13.0 Å². The molecule has 1 aliphatic rings. The molecule has 0 bridgehead atoms. The molecule has 1 aliphatic heterocycles. The van der Waals surface area contributed by atoms with E-state index in [0.29, 0.717) is 47.8 Å². The van der Waals surface area contributed by atoms with E-state index in [1.165, 1.54) is 0 Å². The second-order valence-electron chi connectivity index (χ2n) is 6.14. The van der Waals surface area contributed by atoms with Gasteiger partial charge < -0.3 is 24.3 Å². The Kier molecular flexibility index (Phi) is 6.29. The summed E-state index contributed by atoms with van der Waals surface area (Å²) in [7, 11) is 1.58. The monoisotopic (exact) mass is 391 g/mol. The number of methoxy groups -OCH3 is 1. The Labute approximate surface area is 163 Å². The molecule has 0 aliphatic carbocycles. The fraction of sp³-hybridized carbons (Fsp3) is 0.350. The molecular weight excluding hydrogens is 370 g/mol. The second-order valence-corrected chi connectivity index (χ2v) is 6.54. The van der Waals surface area contributed by atoms with Crippen LogP contribution in [0.3, 0.4) is 0 Å². The van der Waals surface area contributed by atoms with Crippen molar-refractivity contribution in [2.45, 2.75) is 19.9 Å². The highest BCUT2D eigenvalue weighted by Crippen LogP contribution is 2.36. The lowest BCUT2D eigenvalue weighted by Crippen LogP contribution is -2.28. The average Bonchev–Trinajstić information content (AvgIpc) is 2.91. The average molecular weight is 392 g/mol. The lowest BCUT2D eigenvalue weighted by molar-refractivity contribution is -0.123. The van der Waals surface area contributed by atoms with Gasteiger partial charge in [-0.1, -0.05) is 11.6 Å². The molecule has 0 aromatic heterocycles. The minimum atomic E-state index is -0.239. The lowest BCUT2D eigenvalue weighted by atomic mass is 10.1. The lowest BCUT2D eigenvalue weighted by Gasteiger charge is -2.14. The predicted octanol–water partition coefficient (Wildman–Crippen LogP) is 3.51. The molecule has 0 saturated heterocycles. The van der Waals surface area contributed by atoms with Gasteiger partial charge in [-0.05, 0) is 36.8 Å². The molecule has 2 aromatic rings. The van der Waals surface area contributed by atoms with Gasteiger partial charge in [-0.3, -0.25) is 4.79 Å². The molecule has 2 aromatic carbocycles. The Hall–Kier alpha value is -2.60. The van der Waals surface area contributed by atoms with Crippen LogP contribution >= 0.6 is 11.6 Å². The fourth-order valence-electron chi connectivity index (χ4n) is 2.66. The number of amides is 1. The first kappa shape index (κ1) is 19.2. The van der Waals surface area contributed by atoms with E-state index in [0.717, 1.165) is 17.5 Å². The standard InChI is InChI=1S/C20H22ClNO5/c1-13-8-15(4-5-16(13)21)27-12-20(23)22-11-14-9-18-19(10-17(14)24-2)26-7-3-6-25-18/h4-5,8-10H,3,6-7,11-12H2,1-2H3,(H,22,23). The first-order chi connectivity index (χ1) is 13.1. The number of rotatable bonds is 6. The SMILES string of the molecule is COc1cc2c(cc1CNC(=O)COc1ccc(Cl)c(C)c1)OCCCO2. The van der Waals surface area contributed by atoms with Gasteiger partial charge >= 0.3 is 0 Å². The Morgan fingerprint density at radius 3 is 2.63 bits per heavy atom. The zero-order valence-corrected chi connectivity index (χ0v) is 16.1. The number of carbonyl (C=O) groups is 1. The number of hydrogen-bond acceptors (Lipinski definition) is 5. The van der Waals surface area contributed by atoms with E-state index in [1.54, 1.807) is 31.4 Å². The molecule has 0 unspecified atom stereocenters. The Morgan fingerprint density at radius 2 is 1.93 bits per heavy atom. The molecule has 0 spiro atoms. The zero-order valence-electron chi connectivity index (χ0n) is 15.3. The van der Waals surface area contributed by atoms with Crippen molar-refractivity contribution in [1.82, 2.24) is 5.32 Å². The van der Waals surface area contributed by atoms with Gasteiger partial charge in [-0.15, -0.1) is 0 Å². The number of ether oxygens (including phenoxy) is 4. The van der Waals surface area contributed by atoms with Crippen LogP contribution in [-0.4, -0.2) is 32.8 Å². The van der Waals surface area contributed by atoms with Gasteiger partial charge in [0.05, 0.1) is 20.3 Å². The maximum atomic E-state index is 12.1. The van der Waals surface area contributed by atoms with Crippen molar-refractivity contribution in [2.24, 2.45) is 0 Å². The van der Waals surface area contributed by atoms with E-state index >= 15 is 0 Å². The van der Waals surface area contributed by atoms with E-state index in [9.17, 15) is 4.79 Å². The third-order valence-corrected chi connectivity index (χ3v) is 4.55. The van der Waals surface area contributed by atoms with Crippen molar-refractivity contribution in [3.63, 3.8) is 0 Å². The largest absolute Gasteiger partial charge is 0.496 e. The molecule has 0 saturated carbocycles. The molecule has 1 N–H and O–H groups in total. The first-order valence-corrected chi connectivity index (χ1v) is 9.07. The minimum absolute atomic E-state index is 0.0893. The van der Waals surface area contributed by atoms with Crippen molar-refractivity contribution in [2.75, 3.05) is 26.9 Å². The highest BCUT2D eigenvalue weighted by atomic mass is 35.5. The third-order valence-electron chi connectivity index (χ3n) is 4.13. The number of fused-ring (bicyclic) bond motifs is 1. The Balaban J connectivity index is 1.59. The number of aryl methyl sites for hydroxylation is 1. The molecule has 0 atom stereocenters. The van der Waals surface area contributed by atoms with Crippen molar-refractivity contribution in [3.8, 4) is 23.0 Å². The quantitative estimate of drug-likeness (QED) is 0.816. The van der Waals surface area contributed by atoms with Crippen LogP contribution in [0.1, 0.15) is 17.5 Å². The minimum Gasteiger partial charge on any atom is -0.496 e. The van der Waals surface area contributed by atoms with Crippen molar-refractivity contribution >= 4 is 17.5 Å². The summed E-state index contributed by atoms with van der Waals surface area (Å²) in [5.74, 6) is 2.30. The maximum absolute atomic E-state index is 12.1. The number of carbonyl (C=O) groups excluding carboxylic acids is 1. The molecule has 0 radical (unpaired) electrons. The van der Waals surface area contributed by atoms with Crippen LogP contribution in [0.4, 0.5) is 0 Å². The first-order valence-electron chi connectivity index (χ1n) is 8.69. The van der Waals surface area contributed by atoms with Crippen molar-refractivity contribution in [1.29, 1.82) is 0 Å². The van der Waals surface area contributed by atoms with Gasteiger partial charge in [-0.2, -0.15) is 0 Å². The number of nitrogens with one attached hydrogen (secondary N) is 1. The van der Waals surface area contributed by atoms with Gasteiger partial charge in [0.2, 0.25) is 0 Å². The van der Waals surface area contributed by atoms with Crippen molar-refractivity contribution < 1.29 is 23.7 Å². The zero-order chi connectivity index (χ0) is 19.2. The highest BCUT2D eigenvalue weighted by Gasteiger charge is 2.16. The molecule has 27 heavy (non-hydrogen) atoms. The van der Waals surface area contributed by atoms with Gasteiger partial charge in [0, 0.05) is 29.6 Å². The molecule has 7 heteroatoms. The van der Waals surface area contributed by atoms with Crippen molar-refractivity contribution in [3.05, 3.63) is 46.5 Å². The van der Waals surface area contributed by atoms with Gasteiger partial charge in [0.25, 0.3) is 5.91 Å². The van der Waals surface area contributed by atoms with E-state index in [4.69, 9.17) is 30.5 Å². The summed E-state index contributed by atoms with van der Waals surface area (Å²) >= 11 is 5.98. The number of halogens is 1. The van der Waals surface area contributed by atoms with Crippen LogP contribution in [0.5, 0.6) is 23.0 Å². The molecule has 1 heterocycles. The normalized spacial score (nSPS) is 12.9. The summed E-state index contributed by atoms with van der Waals surface area (Å²) in [4.78, 5) is 12.1. The smallest absolute Gasteiger partial charge is 0.258 e. The van der Waals surface area contributed by atoms with Crippen LogP contribution in [0, 0.1) is 6.92 Å². The second kappa shape index (κ2) is 8.86. The van der Waals surface area contributed by atoms with Crippen LogP contribution < -0.4 is 24.3 Å². The molecular formula is C20H22ClNO5. The predicted molar refractivity (Wildman–Crippen MR) is 102 cm³/mol. The van der Waals surface area contributed by atoms with Crippen LogP contribution in [-0.2, 0) is 11.3 Å². The highest BCUT2D eigenvalue weighted by molar-refractivity contribution is 6.31. The van der Waals surface area contributed by atoms with Gasteiger partial charge in [-0.25, -0.2) is 0 Å². The number of benzene rings is 2. The fourth-order valence-corrected chi connectivity index (χ4v) is 2.78. The summed E-state index contributed by atoms with van der Waals surface area (Å²) in [6, 6.07) is 8.89. The summed E-state index contributed by atoms with van der Waals surface area (Å²) in [5, 5.41) is 3.49. The molecule has 3 rings (SSSR count). The molecule has 144 valence electrons. The topological polar surface area (TPSA) is 66.0 Å².